The van der Waals surface area contributed by atoms with Gasteiger partial charge in [0.2, 0.25) is 0 Å². The Morgan fingerprint density at radius 2 is 2.25 bits per heavy atom. The Morgan fingerprint density at radius 3 is 2.80 bits per heavy atom. The molecule has 6 heteroatoms. The molecule has 20 heavy (non-hydrogen) atoms. The molecular formula is C14H17ClFN3O. The Morgan fingerprint density at radius 1 is 1.50 bits per heavy atom. The highest BCUT2D eigenvalue weighted by Gasteiger charge is 2.23. The van der Waals surface area contributed by atoms with Crippen LogP contribution >= 0.6 is 11.6 Å². The first-order chi connectivity index (χ1) is 9.51. The summed E-state index contributed by atoms with van der Waals surface area (Å²) in [5, 5.41) is 4.34. The SMILES string of the molecule is CCC(N)C(Oc1ccc(F)cc1Cl)c1cnn(C)c1. The molecule has 0 aliphatic carbocycles. The van der Waals surface area contributed by atoms with Gasteiger partial charge in [0, 0.05) is 24.8 Å². The highest BCUT2D eigenvalue weighted by Crippen LogP contribution is 2.31. The Balaban J connectivity index is 2.28. The van der Waals surface area contributed by atoms with Crippen LogP contribution in [0, 0.1) is 5.82 Å². The second-order valence-electron chi connectivity index (χ2n) is 4.63. The van der Waals surface area contributed by atoms with Gasteiger partial charge in [-0.1, -0.05) is 18.5 Å². The first kappa shape index (κ1) is 14.8. The predicted octanol–water partition coefficient (Wildman–Crippen LogP) is 3.07. The summed E-state index contributed by atoms with van der Waals surface area (Å²) in [4.78, 5) is 0. The van der Waals surface area contributed by atoms with E-state index in [4.69, 9.17) is 22.1 Å². The third-order valence-corrected chi connectivity index (χ3v) is 3.36. The summed E-state index contributed by atoms with van der Waals surface area (Å²) < 4.78 is 20.6. The van der Waals surface area contributed by atoms with Crippen molar-refractivity contribution in [2.24, 2.45) is 12.8 Å². The molecule has 0 radical (unpaired) electrons. The Hall–Kier alpha value is -1.59. The van der Waals surface area contributed by atoms with Gasteiger partial charge in [-0.05, 0) is 24.6 Å². The van der Waals surface area contributed by atoms with E-state index >= 15 is 0 Å². The van der Waals surface area contributed by atoms with Gasteiger partial charge in [-0.3, -0.25) is 4.68 Å². The van der Waals surface area contributed by atoms with Gasteiger partial charge in [0.25, 0.3) is 0 Å². The largest absolute Gasteiger partial charge is 0.482 e. The molecule has 0 fully saturated rings. The van der Waals surface area contributed by atoms with Gasteiger partial charge < -0.3 is 10.5 Å². The van der Waals surface area contributed by atoms with Crippen LogP contribution in [-0.2, 0) is 7.05 Å². The number of halogens is 2. The van der Waals surface area contributed by atoms with Crippen LogP contribution in [0.5, 0.6) is 5.75 Å². The van der Waals surface area contributed by atoms with Gasteiger partial charge in [-0.25, -0.2) is 4.39 Å². The highest BCUT2D eigenvalue weighted by atomic mass is 35.5. The second-order valence-corrected chi connectivity index (χ2v) is 5.04. The van der Waals surface area contributed by atoms with E-state index in [2.05, 4.69) is 5.10 Å². The molecule has 0 bridgehead atoms. The number of nitrogens with zero attached hydrogens (tertiary/aromatic N) is 2. The van der Waals surface area contributed by atoms with Crippen molar-refractivity contribution in [2.45, 2.75) is 25.5 Å². The number of aromatic nitrogens is 2. The van der Waals surface area contributed by atoms with Crippen molar-refractivity contribution in [1.82, 2.24) is 9.78 Å². The van der Waals surface area contributed by atoms with Crippen LogP contribution < -0.4 is 10.5 Å². The lowest BCUT2D eigenvalue weighted by Crippen LogP contribution is -2.31. The molecule has 0 aliphatic rings. The number of nitrogens with two attached hydrogens (primary N) is 1. The highest BCUT2D eigenvalue weighted by molar-refractivity contribution is 6.32. The zero-order chi connectivity index (χ0) is 14.7. The average molecular weight is 298 g/mol. The molecule has 1 aromatic carbocycles. The lowest BCUT2D eigenvalue weighted by Gasteiger charge is -2.23. The van der Waals surface area contributed by atoms with Crippen molar-refractivity contribution in [1.29, 1.82) is 0 Å². The lowest BCUT2D eigenvalue weighted by molar-refractivity contribution is 0.171. The molecule has 1 aromatic heterocycles. The molecule has 2 atom stereocenters. The summed E-state index contributed by atoms with van der Waals surface area (Å²) in [6, 6.07) is 3.82. The van der Waals surface area contributed by atoms with Crippen LogP contribution in [0.2, 0.25) is 5.02 Å². The molecule has 2 N–H and O–H groups in total. The minimum absolute atomic E-state index is 0.208. The molecule has 0 saturated carbocycles. The maximum atomic E-state index is 13.1. The van der Waals surface area contributed by atoms with E-state index < -0.39 is 5.82 Å². The summed E-state index contributed by atoms with van der Waals surface area (Å²) in [5.41, 5.74) is 6.97. The zero-order valence-electron chi connectivity index (χ0n) is 11.4. The van der Waals surface area contributed by atoms with Gasteiger partial charge in [0.15, 0.2) is 0 Å². The number of hydrogen-bond donors (Lipinski definition) is 1. The molecule has 0 amide bonds. The smallest absolute Gasteiger partial charge is 0.142 e. The van der Waals surface area contributed by atoms with Crippen molar-refractivity contribution in [2.75, 3.05) is 0 Å². The minimum atomic E-state index is -0.403. The van der Waals surface area contributed by atoms with E-state index in [0.717, 1.165) is 12.0 Å². The maximum Gasteiger partial charge on any atom is 0.142 e. The molecule has 1 heterocycles. The van der Waals surface area contributed by atoms with Crippen molar-refractivity contribution >= 4 is 11.6 Å². The molecular weight excluding hydrogens is 281 g/mol. The normalized spacial score (nSPS) is 14.1. The van der Waals surface area contributed by atoms with Gasteiger partial charge in [-0.2, -0.15) is 5.10 Å². The van der Waals surface area contributed by atoms with Crippen molar-refractivity contribution in [3.05, 3.63) is 47.0 Å². The monoisotopic (exact) mass is 297 g/mol. The predicted molar refractivity (Wildman–Crippen MR) is 76.3 cm³/mol. The molecule has 2 aromatic rings. The van der Waals surface area contributed by atoms with E-state index in [0.29, 0.717) is 5.75 Å². The molecule has 4 nitrogen and oxygen atoms in total. The van der Waals surface area contributed by atoms with E-state index in [1.165, 1.54) is 18.2 Å². The Labute approximate surface area is 122 Å². The van der Waals surface area contributed by atoms with Crippen molar-refractivity contribution < 1.29 is 9.13 Å². The van der Waals surface area contributed by atoms with Gasteiger partial charge >= 0.3 is 0 Å². The van der Waals surface area contributed by atoms with E-state index in [-0.39, 0.29) is 17.2 Å². The fourth-order valence-electron chi connectivity index (χ4n) is 1.91. The van der Waals surface area contributed by atoms with Crippen LogP contribution in [0.4, 0.5) is 4.39 Å². The third-order valence-electron chi connectivity index (χ3n) is 3.06. The second kappa shape index (κ2) is 6.24. The average Bonchev–Trinajstić information content (AvgIpc) is 2.83. The third kappa shape index (κ3) is 3.29. The van der Waals surface area contributed by atoms with Crippen LogP contribution in [0.1, 0.15) is 25.0 Å². The van der Waals surface area contributed by atoms with Gasteiger partial charge in [-0.15, -0.1) is 0 Å². The van der Waals surface area contributed by atoms with Crippen molar-refractivity contribution in [3.8, 4) is 5.75 Å². The van der Waals surface area contributed by atoms with E-state index in [1.54, 1.807) is 10.9 Å². The number of ether oxygens (including phenoxy) is 1. The standard InChI is InChI=1S/C14H17ClFN3O/c1-3-12(17)14(9-7-18-19(2)8-9)20-13-5-4-10(16)6-11(13)15/h4-8,12,14H,3,17H2,1-2H3. The Kier molecular flexibility index (Phi) is 4.62. The first-order valence-corrected chi connectivity index (χ1v) is 6.75. The summed E-state index contributed by atoms with van der Waals surface area (Å²) in [5.74, 6) is 0.00545. The number of hydrogen-bond acceptors (Lipinski definition) is 3. The zero-order valence-corrected chi connectivity index (χ0v) is 12.1. The minimum Gasteiger partial charge on any atom is -0.482 e. The van der Waals surface area contributed by atoms with Crippen molar-refractivity contribution in [3.63, 3.8) is 0 Å². The maximum absolute atomic E-state index is 13.1. The van der Waals surface area contributed by atoms with E-state index in [9.17, 15) is 4.39 Å². The molecule has 2 rings (SSSR count). The molecule has 108 valence electrons. The molecule has 0 saturated heterocycles. The summed E-state index contributed by atoms with van der Waals surface area (Å²) in [6.45, 7) is 1.98. The Bertz CT molecular complexity index is 588. The molecule has 0 spiro atoms. The quantitative estimate of drug-likeness (QED) is 0.923. The first-order valence-electron chi connectivity index (χ1n) is 6.37. The van der Waals surface area contributed by atoms with Crippen LogP contribution in [0.25, 0.3) is 0 Å². The van der Waals surface area contributed by atoms with Crippen LogP contribution in [0.3, 0.4) is 0 Å². The fourth-order valence-corrected chi connectivity index (χ4v) is 2.12. The summed E-state index contributed by atoms with van der Waals surface area (Å²) in [7, 11) is 1.82. The lowest BCUT2D eigenvalue weighted by atomic mass is 10.0. The van der Waals surface area contributed by atoms with Crippen LogP contribution in [-0.4, -0.2) is 15.8 Å². The number of rotatable bonds is 5. The molecule has 0 aliphatic heterocycles. The molecule has 2 unspecified atom stereocenters. The van der Waals surface area contributed by atoms with E-state index in [1.807, 2.05) is 20.2 Å². The topological polar surface area (TPSA) is 53.1 Å². The number of benzene rings is 1. The summed E-state index contributed by atoms with van der Waals surface area (Å²) in [6.07, 6.45) is 3.91. The number of aryl methyl sites for hydroxylation is 1. The van der Waals surface area contributed by atoms with Crippen LogP contribution in [0.15, 0.2) is 30.6 Å². The summed E-state index contributed by atoms with van der Waals surface area (Å²) >= 11 is 5.99. The van der Waals surface area contributed by atoms with Gasteiger partial charge in [0.1, 0.15) is 17.7 Å². The fraction of sp³-hybridized carbons (Fsp3) is 0.357. The van der Waals surface area contributed by atoms with Gasteiger partial charge in [0.05, 0.1) is 11.2 Å².